The van der Waals surface area contributed by atoms with Crippen LogP contribution in [-0.4, -0.2) is 41.1 Å². The first-order valence-electron chi connectivity index (χ1n) is 6.37. The second-order valence-corrected chi connectivity index (χ2v) is 7.62. The number of benzene rings is 1. The second kappa shape index (κ2) is 6.49. The maximum Gasteiger partial charge on any atom is 0.234 e. The summed E-state index contributed by atoms with van der Waals surface area (Å²) in [4.78, 5) is 12.1. The molecule has 7 nitrogen and oxygen atoms in total. The molecular weight excluding hydrogens is 324 g/mol. The molecule has 1 N–H and O–H groups in total. The molecule has 2 rings (SSSR count). The monoisotopic (exact) mass is 340 g/mol. The number of nitrogens with zero attached hydrogens (tertiary/aromatic N) is 3. The van der Waals surface area contributed by atoms with E-state index in [1.165, 1.54) is 17.8 Å². The molecule has 0 aliphatic carbocycles. The van der Waals surface area contributed by atoms with Crippen molar-refractivity contribution in [2.75, 3.05) is 17.3 Å². The van der Waals surface area contributed by atoms with Crippen molar-refractivity contribution in [2.24, 2.45) is 7.05 Å². The predicted octanol–water partition coefficient (Wildman–Crippen LogP) is 1.26. The van der Waals surface area contributed by atoms with Crippen LogP contribution in [0.15, 0.2) is 34.3 Å². The van der Waals surface area contributed by atoms with Gasteiger partial charge in [-0.15, -0.1) is 10.2 Å². The van der Waals surface area contributed by atoms with Crippen molar-refractivity contribution in [3.63, 3.8) is 0 Å². The van der Waals surface area contributed by atoms with Gasteiger partial charge in [0.2, 0.25) is 5.91 Å². The number of aryl methyl sites for hydroxylation is 1. The van der Waals surface area contributed by atoms with E-state index in [1.807, 2.05) is 14.0 Å². The van der Waals surface area contributed by atoms with E-state index in [0.29, 0.717) is 5.16 Å². The molecule has 0 saturated carbocycles. The van der Waals surface area contributed by atoms with Crippen LogP contribution in [0.3, 0.4) is 0 Å². The van der Waals surface area contributed by atoms with Gasteiger partial charge in [-0.2, -0.15) is 0 Å². The minimum atomic E-state index is -3.40. The third-order valence-electron chi connectivity index (χ3n) is 2.95. The summed E-state index contributed by atoms with van der Waals surface area (Å²) in [6.45, 7) is 1.82. The zero-order valence-corrected chi connectivity index (χ0v) is 14.0. The van der Waals surface area contributed by atoms with Gasteiger partial charge in [0.1, 0.15) is 5.82 Å². The molecular formula is C13H16N4O3S2. The molecule has 0 atom stereocenters. The van der Waals surface area contributed by atoms with Crippen molar-refractivity contribution >= 4 is 33.2 Å². The van der Waals surface area contributed by atoms with Gasteiger partial charge >= 0.3 is 0 Å². The Kier molecular flexibility index (Phi) is 4.87. The molecule has 1 aromatic carbocycles. The van der Waals surface area contributed by atoms with Crippen LogP contribution in [0.4, 0.5) is 5.69 Å². The maximum absolute atomic E-state index is 12.0. The first-order valence-corrected chi connectivity index (χ1v) is 9.24. The lowest BCUT2D eigenvalue weighted by molar-refractivity contribution is -0.113. The standard InChI is InChI=1S/C13H16N4O3S2/c1-9-15-16-13(17(9)2)21-8-12(18)14-10-6-4-5-7-11(10)22(3,19)20/h4-7H,8H2,1-3H3,(H,14,18). The molecule has 0 radical (unpaired) electrons. The number of rotatable bonds is 5. The first kappa shape index (κ1) is 16.5. The summed E-state index contributed by atoms with van der Waals surface area (Å²) in [5, 5.41) is 11.1. The zero-order valence-electron chi connectivity index (χ0n) is 12.4. The Labute approximate surface area is 133 Å². The number of nitrogens with one attached hydrogen (secondary N) is 1. The number of amides is 1. The lowest BCUT2D eigenvalue weighted by atomic mass is 10.3. The number of anilines is 1. The molecule has 1 amide bonds. The summed E-state index contributed by atoms with van der Waals surface area (Å²) < 4.78 is 25.1. The maximum atomic E-state index is 12.0. The van der Waals surface area contributed by atoms with E-state index in [0.717, 1.165) is 12.1 Å². The van der Waals surface area contributed by atoms with E-state index in [4.69, 9.17) is 0 Å². The average molecular weight is 340 g/mol. The smallest absolute Gasteiger partial charge is 0.234 e. The molecule has 118 valence electrons. The summed E-state index contributed by atoms with van der Waals surface area (Å²) in [5.74, 6) is 0.566. The Morgan fingerprint density at radius 1 is 1.32 bits per heavy atom. The fraction of sp³-hybridized carbons (Fsp3) is 0.308. The summed E-state index contributed by atoms with van der Waals surface area (Å²) in [7, 11) is -1.58. The van der Waals surface area contributed by atoms with Crippen LogP contribution in [0.5, 0.6) is 0 Å². The Morgan fingerprint density at radius 2 is 2.00 bits per heavy atom. The second-order valence-electron chi connectivity index (χ2n) is 4.69. The average Bonchev–Trinajstić information content (AvgIpc) is 2.76. The lowest BCUT2D eigenvalue weighted by Gasteiger charge is -2.09. The fourth-order valence-corrected chi connectivity index (χ4v) is 3.32. The molecule has 0 aliphatic heterocycles. The molecule has 0 fully saturated rings. The molecule has 1 heterocycles. The SMILES string of the molecule is Cc1nnc(SCC(=O)Nc2ccccc2S(C)(=O)=O)n1C. The minimum Gasteiger partial charge on any atom is -0.324 e. The molecule has 1 aromatic heterocycles. The van der Waals surface area contributed by atoms with Gasteiger partial charge in [0.15, 0.2) is 15.0 Å². The van der Waals surface area contributed by atoms with Crippen molar-refractivity contribution in [1.82, 2.24) is 14.8 Å². The highest BCUT2D eigenvalue weighted by Crippen LogP contribution is 2.21. The number of carbonyl (C=O) groups excluding carboxylic acids is 1. The van der Waals surface area contributed by atoms with Crippen molar-refractivity contribution in [1.29, 1.82) is 0 Å². The van der Waals surface area contributed by atoms with E-state index in [2.05, 4.69) is 15.5 Å². The minimum absolute atomic E-state index is 0.0999. The highest BCUT2D eigenvalue weighted by molar-refractivity contribution is 7.99. The molecule has 9 heteroatoms. The molecule has 0 spiro atoms. The van der Waals surface area contributed by atoms with Gasteiger partial charge in [0, 0.05) is 13.3 Å². The van der Waals surface area contributed by atoms with Crippen LogP contribution in [0.2, 0.25) is 0 Å². The Bertz CT molecular complexity index is 799. The van der Waals surface area contributed by atoms with Crippen LogP contribution in [0, 0.1) is 6.92 Å². The van der Waals surface area contributed by atoms with Crippen LogP contribution < -0.4 is 5.32 Å². The van der Waals surface area contributed by atoms with Gasteiger partial charge in [-0.25, -0.2) is 8.42 Å². The van der Waals surface area contributed by atoms with Gasteiger partial charge in [-0.1, -0.05) is 23.9 Å². The summed E-state index contributed by atoms with van der Waals surface area (Å²) >= 11 is 1.24. The highest BCUT2D eigenvalue weighted by atomic mass is 32.2. The molecule has 2 aromatic rings. The van der Waals surface area contributed by atoms with E-state index in [1.54, 1.807) is 22.8 Å². The van der Waals surface area contributed by atoms with Crippen molar-refractivity contribution in [2.45, 2.75) is 17.0 Å². The Hall–Kier alpha value is -1.87. The third-order valence-corrected chi connectivity index (χ3v) is 5.12. The highest BCUT2D eigenvalue weighted by Gasteiger charge is 2.15. The van der Waals surface area contributed by atoms with E-state index in [9.17, 15) is 13.2 Å². The van der Waals surface area contributed by atoms with Crippen LogP contribution in [-0.2, 0) is 21.7 Å². The number of hydrogen-bond acceptors (Lipinski definition) is 6. The molecule has 0 bridgehead atoms. The summed E-state index contributed by atoms with van der Waals surface area (Å²) in [5.41, 5.74) is 0.282. The van der Waals surface area contributed by atoms with Crippen molar-refractivity contribution < 1.29 is 13.2 Å². The molecule has 0 saturated heterocycles. The van der Waals surface area contributed by atoms with Gasteiger partial charge < -0.3 is 9.88 Å². The van der Waals surface area contributed by atoms with E-state index >= 15 is 0 Å². The van der Waals surface area contributed by atoms with Crippen LogP contribution >= 0.6 is 11.8 Å². The zero-order chi connectivity index (χ0) is 16.3. The van der Waals surface area contributed by atoms with Gasteiger partial charge in [-0.05, 0) is 19.1 Å². The van der Waals surface area contributed by atoms with E-state index in [-0.39, 0.29) is 22.2 Å². The molecule has 22 heavy (non-hydrogen) atoms. The predicted molar refractivity (Wildman–Crippen MR) is 84.6 cm³/mol. The third kappa shape index (κ3) is 3.86. The topological polar surface area (TPSA) is 94.0 Å². The van der Waals surface area contributed by atoms with E-state index < -0.39 is 9.84 Å². The largest absolute Gasteiger partial charge is 0.324 e. The van der Waals surface area contributed by atoms with Crippen molar-refractivity contribution in [3.05, 3.63) is 30.1 Å². The summed E-state index contributed by atoms with van der Waals surface area (Å²) in [6.07, 6.45) is 1.11. The Balaban J connectivity index is 2.06. The van der Waals surface area contributed by atoms with Gasteiger partial charge in [0.05, 0.1) is 16.3 Å². The number of thioether (sulfide) groups is 1. The normalized spacial score (nSPS) is 11.4. The number of aromatic nitrogens is 3. The Morgan fingerprint density at radius 3 is 2.59 bits per heavy atom. The number of carbonyl (C=O) groups is 1. The van der Waals surface area contributed by atoms with Crippen LogP contribution in [0.25, 0.3) is 0 Å². The van der Waals surface area contributed by atoms with Gasteiger partial charge in [0.25, 0.3) is 0 Å². The quantitative estimate of drug-likeness (QED) is 0.824. The molecule has 0 unspecified atom stereocenters. The molecule has 0 aliphatic rings. The first-order chi connectivity index (χ1) is 10.3. The van der Waals surface area contributed by atoms with Crippen molar-refractivity contribution in [3.8, 4) is 0 Å². The van der Waals surface area contributed by atoms with Crippen LogP contribution in [0.1, 0.15) is 5.82 Å². The number of para-hydroxylation sites is 1. The lowest BCUT2D eigenvalue weighted by Crippen LogP contribution is -2.16. The summed E-state index contributed by atoms with van der Waals surface area (Å²) in [6, 6.07) is 6.31. The van der Waals surface area contributed by atoms with Gasteiger partial charge in [-0.3, -0.25) is 4.79 Å². The fourth-order valence-electron chi connectivity index (χ4n) is 1.72. The number of hydrogen-bond donors (Lipinski definition) is 1. The number of sulfone groups is 1.